The van der Waals surface area contributed by atoms with Gasteiger partial charge in [0.05, 0.1) is 11.6 Å². The second kappa shape index (κ2) is 8.91. The minimum absolute atomic E-state index is 0.0600. The third kappa shape index (κ3) is 4.69. The number of pyridine rings is 1. The summed E-state index contributed by atoms with van der Waals surface area (Å²) in [5.41, 5.74) is 2.77. The Bertz CT molecular complexity index is 1110. The van der Waals surface area contributed by atoms with Crippen LogP contribution in [0.3, 0.4) is 0 Å². The Morgan fingerprint density at radius 2 is 1.97 bits per heavy atom. The number of nitrogens with zero attached hydrogens (tertiary/aromatic N) is 3. The summed E-state index contributed by atoms with van der Waals surface area (Å²) >= 11 is 0. The molecule has 1 aliphatic heterocycles. The number of Topliss-reactive ketones (excluding diaryl/α,β-unsaturated/α-hetero) is 1. The summed E-state index contributed by atoms with van der Waals surface area (Å²) in [4.78, 5) is 43.2. The lowest BCUT2D eigenvalue weighted by Gasteiger charge is -2.31. The number of carbonyl (C=O) groups is 3. The highest BCUT2D eigenvalue weighted by atomic mass is 16.2. The highest BCUT2D eigenvalue weighted by Crippen LogP contribution is 2.22. The Hall–Kier alpha value is -3.81. The molecular formula is C23H23N5O3. The van der Waals surface area contributed by atoms with E-state index in [0.717, 1.165) is 6.42 Å². The van der Waals surface area contributed by atoms with Crippen molar-refractivity contribution < 1.29 is 14.4 Å². The van der Waals surface area contributed by atoms with Crippen molar-refractivity contribution in [1.82, 2.24) is 20.1 Å². The predicted octanol–water partition coefficient (Wildman–Crippen LogP) is 3.17. The van der Waals surface area contributed by atoms with Gasteiger partial charge in [-0.05, 0) is 50.1 Å². The molecule has 4 rings (SSSR count). The van der Waals surface area contributed by atoms with Gasteiger partial charge in [-0.15, -0.1) is 0 Å². The SMILES string of the molecule is CC(=O)c1cccc(NC(=O)C2CCCN(C(=O)c3cc(-c4ccccn4)n[nH]3)C2)c1. The van der Waals surface area contributed by atoms with Crippen LogP contribution in [0.15, 0.2) is 54.7 Å². The minimum atomic E-state index is -0.322. The molecular weight excluding hydrogens is 394 g/mol. The van der Waals surface area contributed by atoms with Crippen LogP contribution >= 0.6 is 0 Å². The fraction of sp³-hybridized carbons (Fsp3) is 0.261. The third-order valence-corrected chi connectivity index (χ3v) is 5.35. The standard InChI is InChI=1S/C23H23N5O3/c1-15(29)16-6-4-8-18(12-16)25-22(30)17-7-5-11-28(14-17)23(31)21-13-20(26-27-21)19-9-2-3-10-24-19/h2-4,6,8-10,12-13,17H,5,7,11,14H2,1H3,(H,25,30)(H,26,27). The Morgan fingerprint density at radius 3 is 2.74 bits per heavy atom. The van der Waals surface area contributed by atoms with E-state index in [0.29, 0.717) is 47.8 Å². The summed E-state index contributed by atoms with van der Waals surface area (Å²) in [6.07, 6.45) is 3.11. The van der Waals surface area contributed by atoms with E-state index in [4.69, 9.17) is 0 Å². The number of piperidine rings is 1. The van der Waals surface area contributed by atoms with Crippen LogP contribution in [-0.2, 0) is 4.79 Å². The van der Waals surface area contributed by atoms with Gasteiger partial charge in [0.1, 0.15) is 11.4 Å². The minimum Gasteiger partial charge on any atom is -0.337 e. The summed E-state index contributed by atoms with van der Waals surface area (Å²) in [6, 6.07) is 14.0. The zero-order chi connectivity index (χ0) is 21.8. The van der Waals surface area contributed by atoms with Crippen LogP contribution in [0.2, 0.25) is 0 Å². The van der Waals surface area contributed by atoms with Crippen LogP contribution in [0.4, 0.5) is 5.69 Å². The van der Waals surface area contributed by atoms with Crippen LogP contribution < -0.4 is 5.32 Å². The number of aromatic nitrogens is 3. The summed E-state index contributed by atoms with van der Waals surface area (Å²) in [5, 5.41) is 9.86. The lowest BCUT2D eigenvalue weighted by atomic mass is 9.96. The molecule has 1 saturated heterocycles. The molecule has 1 atom stereocenters. The van der Waals surface area contributed by atoms with E-state index in [-0.39, 0.29) is 23.5 Å². The van der Waals surface area contributed by atoms with E-state index in [2.05, 4.69) is 20.5 Å². The zero-order valence-electron chi connectivity index (χ0n) is 17.2. The molecule has 1 aromatic carbocycles. The highest BCUT2D eigenvalue weighted by molar-refractivity contribution is 5.98. The Labute approximate surface area is 179 Å². The first-order valence-corrected chi connectivity index (χ1v) is 10.2. The molecule has 8 nitrogen and oxygen atoms in total. The smallest absolute Gasteiger partial charge is 0.271 e. The summed E-state index contributed by atoms with van der Waals surface area (Å²) < 4.78 is 0. The number of carbonyl (C=O) groups excluding carboxylic acids is 3. The van der Waals surface area contributed by atoms with Crippen LogP contribution in [0.25, 0.3) is 11.4 Å². The number of nitrogens with one attached hydrogen (secondary N) is 2. The number of rotatable bonds is 5. The van der Waals surface area contributed by atoms with E-state index in [1.807, 2.05) is 18.2 Å². The van der Waals surface area contributed by atoms with Crippen molar-refractivity contribution in [2.75, 3.05) is 18.4 Å². The van der Waals surface area contributed by atoms with E-state index < -0.39 is 0 Å². The maximum atomic E-state index is 13.0. The van der Waals surface area contributed by atoms with E-state index in [9.17, 15) is 14.4 Å². The molecule has 2 amide bonds. The van der Waals surface area contributed by atoms with Gasteiger partial charge in [0.25, 0.3) is 5.91 Å². The molecule has 3 aromatic rings. The summed E-state index contributed by atoms with van der Waals surface area (Å²) in [7, 11) is 0. The summed E-state index contributed by atoms with van der Waals surface area (Å²) in [5.74, 6) is -0.727. The van der Waals surface area contributed by atoms with Crippen molar-refractivity contribution >= 4 is 23.3 Å². The number of ketones is 1. The van der Waals surface area contributed by atoms with Crippen LogP contribution in [0, 0.1) is 5.92 Å². The van der Waals surface area contributed by atoms with Crippen LogP contribution in [-0.4, -0.2) is 50.8 Å². The zero-order valence-corrected chi connectivity index (χ0v) is 17.2. The number of benzene rings is 1. The number of hydrogen-bond donors (Lipinski definition) is 2. The van der Waals surface area contributed by atoms with E-state index in [1.54, 1.807) is 41.4 Å². The molecule has 0 bridgehead atoms. The molecule has 8 heteroatoms. The van der Waals surface area contributed by atoms with Crippen LogP contribution in [0.5, 0.6) is 0 Å². The lowest BCUT2D eigenvalue weighted by Crippen LogP contribution is -2.43. The molecule has 1 unspecified atom stereocenters. The van der Waals surface area contributed by atoms with Crippen molar-refractivity contribution in [3.05, 3.63) is 66.0 Å². The largest absolute Gasteiger partial charge is 0.337 e. The van der Waals surface area contributed by atoms with E-state index in [1.165, 1.54) is 6.92 Å². The van der Waals surface area contributed by atoms with Crippen LogP contribution in [0.1, 0.15) is 40.6 Å². The molecule has 31 heavy (non-hydrogen) atoms. The Morgan fingerprint density at radius 1 is 1.10 bits per heavy atom. The third-order valence-electron chi connectivity index (χ3n) is 5.35. The molecule has 2 N–H and O–H groups in total. The fourth-order valence-corrected chi connectivity index (χ4v) is 3.68. The summed E-state index contributed by atoms with van der Waals surface area (Å²) in [6.45, 7) is 2.40. The highest BCUT2D eigenvalue weighted by Gasteiger charge is 2.30. The molecule has 1 aliphatic rings. The van der Waals surface area contributed by atoms with Gasteiger partial charge in [0.15, 0.2) is 5.78 Å². The first kappa shape index (κ1) is 20.5. The second-order valence-corrected chi connectivity index (χ2v) is 7.60. The van der Waals surface area contributed by atoms with Crippen molar-refractivity contribution in [2.24, 2.45) is 5.92 Å². The van der Waals surface area contributed by atoms with Gasteiger partial charge in [-0.3, -0.25) is 24.5 Å². The number of likely N-dealkylation sites (tertiary alicyclic amines) is 1. The molecule has 0 radical (unpaired) electrons. The molecule has 1 fully saturated rings. The monoisotopic (exact) mass is 417 g/mol. The molecule has 0 saturated carbocycles. The average molecular weight is 417 g/mol. The predicted molar refractivity (Wildman–Crippen MR) is 116 cm³/mol. The lowest BCUT2D eigenvalue weighted by molar-refractivity contribution is -0.121. The van der Waals surface area contributed by atoms with Gasteiger partial charge in [-0.2, -0.15) is 5.10 Å². The molecule has 158 valence electrons. The Balaban J connectivity index is 1.42. The topological polar surface area (TPSA) is 108 Å². The van der Waals surface area contributed by atoms with Crippen molar-refractivity contribution in [1.29, 1.82) is 0 Å². The number of anilines is 1. The number of aromatic amines is 1. The molecule has 2 aromatic heterocycles. The second-order valence-electron chi connectivity index (χ2n) is 7.60. The van der Waals surface area contributed by atoms with E-state index >= 15 is 0 Å². The Kier molecular flexibility index (Phi) is 5.88. The fourth-order valence-electron chi connectivity index (χ4n) is 3.68. The van der Waals surface area contributed by atoms with Gasteiger partial charge in [0, 0.05) is 30.5 Å². The maximum absolute atomic E-state index is 13.0. The van der Waals surface area contributed by atoms with Gasteiger partial charge >= 0.3 is 0 Å². The first-order valence-electron chi connectivity index (χ1n) is 10.2. The molecule has 3 heterocycles. The van der Waals surface area contributed by atoms with Gasteiger partial charge in [-0.1, -0.05) is 18.2 Å². The van der Waals surface area contributed by atoms with Gasteiger partial charge in [-0.25, -0.2) is 0 Å². The van der Waals surface area contributed by atoms with Gasteiger partial charge in [0.2, 0.25) is 5.91 Å². The number of hydrogen-bond acceptors (Lipinski definition) is 5. The quantitative estimate of drug-likeness (QED) is 0.620. The number of amides is 2. The first-order chi connectivity index (χ1) is 15.0. The van der Waals surface area contributed by atoms with Gasteiger partial charge < -0.3 is 10.2 Å². The normalized spacial score (nSPS) is 16.0. The van der Waals surface area contributed by atoms with Crippen molar-refractivity contribution in [3.63, 3.8) is 0 Å². The average Bonchev–Trinajstić information content (AvgIpc) is 3.30. The van der Waals surface area contributed by atoms with Crippen molar-refractivity contribution in [3.8, 4) is 11.4 Å². The van der Waals surface area contributed by atoms with Crippen molar-refractivity contribution in [2.45, 2.75) is 19.8 Å². The maximum Gasteiger partial charge on any atom is 0.271 e. The number of H-pyrrole nitrogens is 1. The molecule has 0 spiro atoms. The molecule has 0 aliphatic carbocycles.